The van der Waals surface area contributed by atoms with Gasteiger partial charge < -0.3 is 10.5 Å². The topological polar surface area (TPSA) is 64.3 Å². The highest BCUT2D eigenvalue weighted by atomic mass is 16.5. The van der Waals surface area contributed by atoms with Gasteiger partial charge in [0, 0.05) is 31.2 Å². The molecule has 4 rings (SSSR count). The number of aromatic nitrogens is 2. The zero-order valence-electron chi connectivity index (χ0n) is 14.8. The molecular weight excluding hydrogens is 324 g/mol. The Balaban J connectivity index is 1.35. The van der Waals surface area contributed by atoms with Gasteiger partial charge in [-0.25, -0.2) is 4.98 Å². The summed E-state index contributed by atoms with van der Waals surface area (Å²) in [5.41, 5.74) is 9.15. The van der Waals surface area contributed by atoms with Crippen LogP contribution in [0.3, 0.4) is 0 Å². The standard InChI is InChI=1S/C21H24N4O/c22-21-13-16(9-10-23-21)5-8-19-15-25(11-12-26-19)14-18-7-6-17-3-1-2-4-20(17)24-18/h1-4,6-7,9-10,13,19H,5,8,11-12,14-15H2,(H2,22,23). The highest BCUT2D eigenvalue weighted by Gasteiger charge is 2.20. The van der Waals surface area contributed by atoms with E-state index in [-0.39, 0.29) is 6.10 Å². The van der Waals surface area contributed by atoms with Gasteiger partial charge in [0.2, 0.25) is 0 Å². The maximum Gasteiger partial charge on any atom is 0.123 e. The van der Waals surface area contributed by atoms with Crippen LogP contribution in [0, 0.1) is 0 Å². The highest BCUT2D eigenvalue weighted by molar-refractivity contribution is 5.78. The van der Waals surface area contributed by atoms with Crippen molar-refractivity contribution in [1.29, 1.82) is 0 Å². The van der Waals surface area contributed by atoms with Gasteiger partial charge in [0.25, 0.3) is 0 Å². The number of para-hydroxylation sites is 1. The van der Waals surface area contributed by atoms with Gasteiger partial charge in [-0.1, -0.05) is 24.3 Å². The fourth-order valence-electron chi connectivity index (χ4n) is 3.50. The van der Waals surface area contributed by atoms with Crippen molar-refractivity contribution in [3.05, 3.63) is 66.0 Å². The minimum Gasteiger partial charge on any atom is -0.384 e. The molecule has 1 aliphatic rings. The average Bonchev–Trinajstić information content (AvgIpc) is 2.67. The Morgan fingerprint density at radius 2 is 2.08 bits per heavy atom. The summed E-state index contributed by atoms with van der Waals surface area (Å²) >= 11 is 0. The predicted molar refractivity (Wildman–Crippen MR) is 104 cm³/mol. The Kier molecular flexibility index (Phi) is 5.09. The van der Waals surface area contributed by atoms with E-state index in [9.17, 15) is 0 Å². The van der Waals surface area contributed by atoms with Gasteiger partial charge in [-0.3, -0.25) is 9.88 Å². The number of aryl methyl sites for hydroxylation is 1. The van der Waals surface area contributed by atoms with Gasteiger partial charge in [-0.15, -0.1) is 0 Å². The van der Waals surface area contributed by atoms with Crippen molar-refractivity contribution in [2.75, 3.05) is 25.4 Å². The maximum atomic E-state index is 5.96. The molecule has 2 aromatic heterocycles. The molecule has 1 unspecified atom stereocenters. The van der Waals surface area contributed by atoms with Crippen LogP contribution >= 0.6 is 0 Å². The maximum absolute atomic E-state index is 5.96. The molecule has 0 spiro atoms. The number of hydrogen-bond donors (Lipinski definition) is 1. The van der Waals surface area contributed by atoms with Gasteiger partial charge >= 0.3 is 0 Å². The van der Waals surface area contributed by atoms with E-state index in [1.807, 2.05) is 24.3 Å². The number of anilines is 1. The van der Waals surface area contributed by atoms with Crippen molar-refractivity contribution in [3.8, 4) is 0 Å². The Morgan fingerprint density at radius 1 is 1.15 bits per heavy atom. The number of fused-ring (bicyclic) bond motifs is 1. The second kappa shape index (κ2) is 7.81. The zero-order valence-corrected chi connectivity index (χ0v) is 14.8. The molecule has 134 valence electrons. The Morgan fingerprint density at radius 3 is 3.00 bits per heavy atom. The van der Waals surface area contributed by atoms with Crippen LogP contribution in [0.25, 0.3) is 10.9 Å². The molecule has 2 N–H and O–H groups in total. The first-order chi connectivity index (χ1) is 12.8. The number of nitrogens with two attached hydrogens (primary N) is 1. The molecule has 0 radical (unpaired) electrons. The third-order valence-corrected chi connectivity index (χ3v) is 4.87. The number of nitrogen functional groups attached to an aromatic ring is 1. The lowest BCUT2D eigenvalue weighted by molar-refractivity contribution is -0.0348. The molecular formula is C21H24N4O. The summed E-state index contributed by atoms with van der Waals surface area (Å²) in [5.74, 6) is 0.580. The molecule has 1 aliphatic heterocycles. The number of benzene rings is 1. The van der Waals surface area contributed by atoms with Crippen LogP contribution in [0.15, 0.2) is 54.7 Å². The van der Waals surface area contributed by atoms with Crippen LogP contribution in [0.1, 0.15) is 17.7 Å². The molecule has 3 heterocycles. The first-order valence-corrected chi connectivity index (χ1v) is 9.15. The number of rotatable bonds is 5. The summed E-state index contributed by atoms with van der Waals surface area (Å²) in [5, 5.41) is 1.19. The van der Waals surface area contributed by atoms with Crippen molar-refractivity contribution in [1.82, 2.24) is 14.9 Å². The van der Waals surface area contributed by atoms with E-state index >= 15 is 0 Å². The Labute approximate surface area is 153 Å². The summed E-state index contributed by atoms with van der Waals surface area (Å²) in [6, 6.07) is 16.5. The lowest BCUT2D eigenvalue weighted by Gasteiger charge is -2.32. The second-order valence-electron chi connectivity index (χ2n) is 6.85. The van der Waals surface area contributed by atoms with Crippen molar-refractivity contribution >= 4 is 16.7 Å². The summed E-state index contributed by atoms with van der Waals surface area (Å²) in [6.45, 7) is 3.53. The molecule has 1 aromatic carbocycles. The van der Waals surface area contributed by atoms with Gasteiger partial charge in [-0.2, -0.15) is 0 Å². The van der Waals surface area contributed by atoms with E-state index < -0.39 is 0 Å². The molecule has 5 heteroatoms. The summed E-state index contributed by atoms with van der Waals surface area (Å²) in [7, 11) is 0. The van der Waals surface area contributed by atoms with Gasteiger partial charge in [0.15, 0.2) is 0 Å². The molecule has 5 nitrogen and oxygen atoms in total. The number of nitrogens with zero attached hydrogens (tertiary/aromatic N) is 3. The van der Waals surface area contributed by atoms with Crippen LogP contribution < -0.4 is 5.73 Å². The SMILES string of the molecule is Nc1cc(CCC2CN(Cc3ccc4ccccc4n3)CCO2)ccn1. The van der Waals surface area contributed by atoms with Crippen LogP contribution in [-0.2, 0) is 17.7 Å². The number of pyridine rings is 2. The van der Waals surface area contributed by atoms with Crippen molar-refractivity contribution in [3.63, 3.8) is 0 Å². The highest BCUT2D eigenvalue weighted by Crippen LogP contribution is 2.17. The minimum absolute atomic E-state index is 0.249. The number of hydrogen-bond acceptors (Lipinski definition) is 5. The van der Waals surface area contributed by atoms with E-state index in [2.05, 4.69) is 34.1 Å². The van der Waals surface area contributed by atoms with Gasteiger partial charge in [0.05, 0.1) is 23.9 Å². The molecule has 1 saturated heterocycles. The average molecular weight is 348 g/mol. The molecule has 26 heavy (non-hydrogen) atoms. The molecule has 3 aromatic rings. The predicted octanol–water partition coefficient (Wildman–Crippen LogP) is 3.05. The minimum atomic E-state index is 0.249. The largest absolute Gasteiger partial charge is 0.384 e. The van der Waals surface area contributed by atoms with E-state index in [0.717, 1.165) is 50.3 Å². The third kappa shape index (κ3) is 4.18. The van der Waals surface area contributed by atoms with Crippen molar-refractivity contribution < 1.29 is 4.74 Å². The van der Waals surface area contributed by atoms with Crippen LogP contribution in [-0.4, -0.2) is 40.7 Å². The molecule has 0 aliphatic carbocycles. The first kappa shape index (κ1) is 16.9. The number of morpholine rings is 1. The van der Waals surface area contributed by atoms with Gasteiger partial charge in [0.1, 0.15) is 5.82 Å². The van der Waals surface area contributed by atoms with Crippen LogP contribution in [0.4, 0.5) is 5.82 Å². The molecule has 1 atom stereocenters. The monoisotopic (exact) mass is 348 g/mol. The van der Waals surface area contributed by atoms with E-state index in [4.69, 9.17) is 15.5 Å². The van der Waals surface area contributed by atoms with Crippen LogP contribution in [0.2, 0.25) is 0 Å². The Hall–Kier alpha value is -2.50. The van der Waals surface area contributed by atoms with Crippen molar-refractivity contribution in [2.45, 2.75) is 25.5 Å². The van der Waals surface area contributed by atoms with Gasteiger partial charge in [-0.05, 0) is 42.7 Å². The van der Waals surface area contributed by atoms with E-state index in [1.165, 1.54) is 10.9 Å². The number of ether oxygens (including phenoxy) is 1. The normalized spacial score (nSPS) is 18.2. The fraction of sp³-hybridized carbons (Fsp3) is 0.333. The Bertz CT molecular complexity index is 883. The molecule has 0 bridgehead atoms. The summed E-state index contributed by atoms with van der Waals surface area (Å²) < 4.78 is 5.96. The lowest BCUT2D eigenvalue weighted by Crippen LogP contribution is -2.42. The van der Waals surface area contributed by atoms with Crippen LogP contribution in [0.5, 0.6) is 0 Å². The first-order valence-electron chi connectivity index (χ1n) is 9.15. The lowest BCUT2D eigenvalue weighted by atomic mass is 10.1. The molecule has 0 saturated carbocycles. The second-order valence-corrected chi connectivity index (χ2v) is 6.85. The van der Waals surface area contributed by atoms with E-state index in [1.54, 1.807) is 6.20 Å². The third-order valence-electron chi connectivity index (χ3n) is 4.87. The fourth-order valence-corrected chi connectivity index (χ4v) is 3.50. The summed E-state index contributed by atoms with van der Waals surface area (Å²) in [6.07, 6.45) is 3.97. The molecule has 0 amide bonds. The quantitative estimate of drug-likeness (QED) is 0.768. The van der Waals surface area contributed by atoms with Crippen molar-refractivity contribution in [2.24, 2.45) is 0 Å². The molecule has 1 fully saturated rings. The zero-order chi connectivity index (χ0) is 17.8. The smallest absolute Gasteiger partial charge is 0.123 e. The summed E-state index contributed by atoms with van der Waals surface area (Å²) in [4.78, 5) is 11.3. The van der Waals surface area contributed by atoms with E-state index in [0.29, 0.717) is 5.82 Å².